The number of rotatable bonds is 14. The van der Waals surface area contributed by atoms with E-state index >= 15 is 0 Å². The van der Waals surface area contributed by atoms with Crippen LogP contribution in [-0.2, 0) is 14.9 Å². The molecule has 4 aromatic carbocycles. The summed E-state index contributed by atoms with van der Waals surface area (Å²) < 4.78 is 17.3. The fourth-order valence-corrected chi connectivity index (χ4v) is 4.93. The largest absolute Gasteiger partial charge is 0.490 e. The average Bonchev–Trinajstić information content (AvgIpc) is 3.08. The Morgan fingerprint density at radius 3 is 2.30 bits per heavy atom. The van der Waals surface area contributed by atoms with E-state index in [1.54, 1.807) is 74.7 Å². The number of hydrogen-bond donors (Lipinski definition) is 2. The van der Waals surface area contributed by atoms with Crippen molar-refractivity contribution in [1.29, 1.82) is 0 Å². The Morgan fingerprint density at radius 2 is 1.59 bits per heavy atom. The number of anilines is 2. The van der Waals surface area contributed by atoms with Crippen molar-refractivity contribution in [1.82, 2.24) is 9.97 Å². The number of ether oxygens (including phenoxy) is 3. The fourth-order valence-electron chi connectivity index (χ4n) is 4.93. The number of carbonyl (C=O) groups is 2. The molecule has 1 atom stereocenters. The zero-order valence-electron chi connectivity index (χ0n) is 25.5. The van der Waals surface area contributed by atoms with Gasteiger partial charge in [-0.15, -0.1) is 6.42 Å². The normalized spacial score (nSPS) is 12.1. The molecule has 0 radical (unpaired) electrons. The highest BCUT2D eigenvalue weighted by Crippen LogP contribution is 2.36. The number of benzene rings is 4. The summed E-state index contributed by atoms with van der Waals surface area (Å²) in [6.07, 6.45) is 7.16. The second kappa shape index (κ2) is 14.4. The molecule has 1 aromatic heterocycles. The van der Waals surface area contributed by atoms with E-state index in [1.165, 1.54) is 6.33 Å². The lowest BCUT2D eigenvalue weighted by molar-refractivity contribution is -0.143. The third kappa shape index (κ3) is 7.15. The van der Waals surface area contributed by atoms with Crippen LogP contribution in [0.1, 0.15) is 40.4 Å². The van der Waals surface area contributed by atoms with Gasteiger partial charge in [-0.05, 0) is 36.8 Å². The summed E-state index contributed by atoms with van der Waals surface area (Å²) in [5.41, 5.74) is 2.40. The third-order valence-corrected chi connectivity index (χ3v) is 7.69. The molecule has 232 valence electrons. The van der Waals surface area contributed by atoms with Crippen molar-refractivity contribution in [2.45, 2.75) is 18.8 Å². The zero-order chi connectivity index (χ0) is 32.5. The van der Waals surface area contributed by atoms with Crippen LogP contribution in [-0.4, -0.2) is 53.8 Å². The number of aliphatic carboxylic acids is 1. The fraction of sp³-hybridized carbons (Fsp3) is 0.189. The minimum Gasteiger partial charge on any atom is -0.490 e. The average molecular weight is 616 g/mol. The first-order valence-electron chi connectivity index (χ1n) is 14.6. The number of methoxy groups -OCH3 is 1. The molecule has 1 heterocycles. The van der Waals surface area contributed by atoms with Crippen molar-refractivity contribution in [2.75, 3.05) is 32.2 Å². The molecule has 46 heavy (non-hydrogen) atoms. The van der Waals surface area contributed by atoms with E-state index in [0.717, 1.165) is 11.3 Å². The maximum absolute atomic E-state index is 12.9. The predicted molar refractivity (Wildman–Crippen MR) is 176 cm³/mol. The van der Waals surface area contributed by atoms with Crippen LogP contribution < -0.4 is 14.8 Å². The van der Waals surface area contributed by atoms with Gasteiger partial charge in [0.2, 0.25) is 0 Å². The number of ketones is 1. The summed E-state index contributed by atoms with van der Waals surface area (Å²) in [5.74, 6) is 2.85. The van der Waals surface area contributed by atoms with Crippen LogP contribution in [0.2, 0.25) is 0 Å². The maximum Gasteiger partial charge on any atom is 0.313 e. The van der Waals surface area contributed by atoms with Crippen LogP contribution in [0, 0.1) is 12.3 Å². The number of aromatic nitrogens is 2. The molecule has 0 saturated carbocycles. The van der Waals surface area contributed by atoms with Gasteiger partial charge < -0.3 is 24.6 Å². The Morgan fingerprint density at radius 1 is 0.870 bits per heavy atom. The molecule has 0 aliphatic carbocycles. The Kier molecular flexibility index (Phi) is 9.90. The van der Waals surface area contributed by atoms with Gasteiger partial charge >= 0.3 is 5.97 Å². The van der Waals surface area contributed by atoms with E-state index in [-0.39, 0.29) is 25.4 Å². The molecule has 5 aromatic rings. The van der Waals surface area contributed by atoms with Crippen LogP contribution in [0.15, 0.2) is 97.3 Å². The molecule has 5 rings (SSSR count). The Bertz CT molecular complexity index is 1890. The first kappa shape index (κ1) is 31.7. The molecule has 0 fully saturated rings. The molecule has 0 bridgehead atoms. The first-order chi connectivity index (χ1) is 22.3. The van der Waals surface area contributed by atoms with Crippen molar-refractivity contribution < 1.29 is 28.9 Å². The van der Waals surface area contributed by atoms with Gasteiger partial charge in [-0.1, -0.05) is 66.6 Å². The van der Waals surface area contributed by atoms with Gasteiger partial charge in [0.25, 0.3) is 0 Å². The number of hydrogen-bond acceptors (Lipinski definition) is 8. The number of fused-ring (bicyclic) bond motifs is 1. The molecular formula is C37H33N3O6. The van der Waals surface area contributed by atoms with Gasteiger partial charge in [-0.25, -0.2) is 9.97 Å². The molecule has 9 heteroatoms. The van der Waals surface area contributed by atoms with Gasteiger partial charge in [0.05, 0.1) is 24.1 Å². The number of nitrogens with one attached hydrogen (secondary N) is 1. The SMILES string of the molecule is C#Cc1cccc(Nc2ncnc3cc(OCCOC)c(OCCC(C)(C(=O)O)c4ccc(C(=O)c5ccccc5)cc4)cc23)c1. The van der Waals surface area contributed by atoms with Gasteiger partial charge in [0.1, 0.15) is 18.8 Å². The lowest BCUT2D eigenvalue weighted by Crippen LogP contribution is -2.34. The highest BCUT2D eigenvalue weighted by Gasteiger charge is 2.35. The molecule has 0 saturated heterocycles. The zero-order valence-corrected chi connectivity index (χ0v) is 25.5. The van der Waals surface area contributed by atoms with E-state index in [1.807, 2.05) is 30.3 Å². The van der Waals surface area contributed by atoms with Gasteiger partial charge in [0, 0.05) is 47.4 Å². The summed E-state index contributed by atoms with van der Waals surface area (Å²) in [5, 5.41) is 14.3. The monoisotopic (exact) mass is 615 g/mol. The molecule has 9 nitrogen and oxygen atoms in total. The second-order valence-electron chi connectivity index (χ2n) is 10.7. The second-order valence-corrected chi connectivity index (χ2v) is 10.7. The predicted octanol–water partition coefficient (Wildman–Crippen LogP) is 6.42. The van der Waals surface area contributed by atoms with E-state index in [0.29, 0.717) is 51.5 Å². The maximum atomic E-state index is 12.9. The Balaban J connectivity index is 1.39. The molecule has 0 aliphatic heterocycles. The van der Waals surface area contributed by atoms with Crippen molar-refractivity contribution >= 4 is 34.2 Å². The van der Waals surface area contributed by atoms with E-state index < -0.39 is 11.4 Å². The van der Waals surface area contributed by atoms with E-state index in [2.05, 4.69) is 21.2 Å². The highest BCUT2D eigenvalue weighted by molar-refractivity contribution is 6.09. The molecule has 0 amide bonds. The summed E-state index contributed by atoms with van der Waals surface area (Å²) in [7, 11) is 1.58. The number of carbonyl (C=O) groups excluding carboxylic acids is 1. The van der Waals surface area contributed by atoms with Crippen molar-refractivity contribution in [3.8, 4) is 23.8 Å². The van der Waals surface area contributed by atoms with E-state index in [9.17, 15) is 14.7 Å². The molecule has 0 aliphatic rings. The summed E-state index contributed by atoms with van der Waals surface area (Å²) in [6.45, 7) is 2.33. The highest BCUT2D eigenvalue weighted by atomic mass is 16.5. The third-order valence-electron chi connectivity index (χ3n) is 7.69. The van der Waals surface area contributed by atoms with E-state index in [4.69, 9.17) is 20.6 Å². The summed E-state index contributed by atoms with van der Waals surface area (Å²) in [4.78, 5) is 34.3. The molecule has 1 unspecified atom stereocenters. The first-order valence-corrected chi connectivity index (χ1v) is 14.6. The number of carboxylic acids is 1. The van der Waals surface area contributed by atoms with Crippen LogP contribution in [0.5, 0.6) is 11.5 Å². The van der Waals surface area contributed by atoms with Crippen molar-refractivity contribution in [3.05, 3.63) is 120 Å². The van der Waals surface area contributed by atoms with Crippen LogP contribution in [0.4, 0.5) is 11.5 Å². The van der Waals surface area contributed by atoms with Gasteiger partial charge in [0.15, 0.2) is 17.3 Å². The standard InChI is InChI=1S/C37H33N3O6/c1-4-25-9-8-12-29(21-25)40-35-30-22-32(33(46-20-19-44-3)23-31(30)38-24-39-35)45-18-17-37(2,36(42)43)28-15-13-27(14-16-28)34(41)26-10-6-5-7-11-26/h1,5-16,21-24H,17-20H2,2-3H3,(H,42,43)(H,38,39,40). The Hall–Kier alpha value is -5.72. The lowest BCUT2D eigenvalue weighted by Gasteiger charge is -2.26. The smallest absolute Gasteiger partial charge is 0.313 e. The quantitative estimate of drug-likeness (QED) is 0.0828. The lowest BCUT2D eigenvalue weighted by atomic mass is 9.79. The molecular weight excluding hydrogens is 582 g/mol. The number of carboxylic acid groups (broad SMARTS) is 1. The molecule has 2 N–H and O–H groups in total. The van der Waals surface area contributed by atoms with Crippen molar-refractivity contribution in [2.24, 2.45) is 0 Å². The summed E-state index contributed by atoms with van der Waals surface area (Å²) in [6, 6.07) is 26.6. The van der Waals surface area contributed by atoms with Crippen LogP contribution in [0.3, 0.4) is 0 Å². The van der Waals surface area contributed by atoms with Gasteiger partial charge in [-0.2, -0.15) is 0 Å². The Labute approximate surface area is 267 Å². The minimum absolute atomic E-state index is 0.0559. The number of terminal acetylenes is 1. The molecule has 0 spiro atoms. The van der Waals surface area contributed by atoms with Crippen LogP contribution in [0.25, 0.3) is 10.9 Å². The summed E-state index contributed by atoms with van der Waals surface area (Å²) >= 11 is 0. The minimum atomic E-state index is -1.29. The van der Waals surface area contributed by atoms with Crippen molar-refractivity contribution in [3.63, 3.8) is 0 Å². The number of nitrogens with zero attached hydrogens (tertiary/aromatic N) is 2. The van der Waals surface area contributed by atoms with Crippen LogP contribution >= 0.6 is 0 Å². The van der Waals surface area contributed by atoms with Gasteiger partial charge in [-0.3, -0.25) is 9.59 Å². The topological polar surface area (TPSA) is 120 Å².